The summed E-state index contributed by atoms with van der Waals surface area (Å²) in [4.78, 5) is 4.07. The standard InChI is InChI=1S/C5H9NS/c1-5-2-3-6-4-7-5/h3,5H,2,4H2,1H3. The maximum absolute atomic E-state index is 4.07. The highest BCUT2D eigenvalue weighted by Crippen LogP contribution is 2.15. The number of rotatable bonds is 0. The fourth-order valence-corrected chi connectivity index (χ4v) is 1.18. The van der Waals surface area contributed by atoms with Crippen molar-refractivity contribution in [1.29, 1.82) is 0 Å². The van der Waals surface area contributed by atoms with Crippen molar-refractivity contribution >= 4 is 18.0 Å². The van der Waals surface area contributed by atoms with Crippen molar-refractivity contribution in [3.8, 4) is 0 Å². The van der Waals surface area contributed by atoms with E-state index in [2.05, 4.69) is 11.9 Å². The van der Waals surface area contributed by atoms with Gasteiger partial charge in [-0.1, -0.05) is 6.92 Å². The van der Waals surface area contributed by atoms with E-state index in [4.69, 9.17) is 0 Å². The molecule has 1 unspecified atom stereocenters. The van der Waals surface area contributed by atoms with Crippen molar-refractivity contribution in [2.75, 3.05) is 5.88 Å². The molecule has 1 nitrogen and oxygen atoms in total. The van der Waals surface area contributed by atoms with Crippen LogP contribution >= 0.6 is 11.8 Å². The van der Waals surface area contributed by atoms with Gasteiger partial charge in [-0.05, 0) is 6.42 Å². The minimum Gasteiger partial charge on any atom is -0.287 e. The van der Waals surface area contributed by atoms with Gasteiger partial charge in [0.1, 0.15) is 0 Å². The fraction of sp³-hybridized carbons (Fsp3) is 0.800. The summed E-state index contributed by atoms with van der Waals surface area (Å²) in [5.74, 6) is 0.973. The number of aliphatic imine (C=N–C) groups is 1. The third kappa shape index (κ3) is 1.51. The largest absolute Gasteiger partial charge is 0.287 e. The summed E-state index contributed by atoms with van der Waals surface area (Å²) in [7, 11) is 0. The highest BCUT2D eigenvalue weighted by Gasteiger charge is 2.01. The third-order valence-electron chi connectivity index (χ3n) is 1.00. The van der Waals surface area contributed by atoms with Crippen LogP contribution in [0.1, 0.15) is 13.3 Å². The highest BCUT2D eigenvalue weighted by molar-refractivity contribution is 7.99. The molecule has 0 saturated carbocycles. The van der Waals surface area contributed by atoms with Gasteiger partial charge < -0.3 is 0 Å². The summed E-state index contributed by atoms with van der Waals surface area (Å²) in [6.45, 7) is 2.23. The van der Waals surface area contributed by atoms with Gasteiger partial charge in [0.15, 0.2) is 0 Å². The lowest BCUT2D eigenvalue weighted by Crippen LogP contribution is -2.01. The Morgan fingerprint density at radius 1 is 1.86 bits per heavy atom. The zero-order chi connectivity index (χ0) is 5.11. The van der Waals surface area contributed by atoms with E-state index in [-0.39, 0.29) is 0 Å². The van der Waals surface area contributed by atoms with Gasteiger partial charge in [0.2, 0.25) is 0 Å². The zero-order valence-electron chi connectivity index (χ0n) is 4.42. The van der Waals surface area contributed by atoms with Crippen LogP contribution in [0.2, 0.25) is 0 Å². The molecular formula is C5H9NS. The Labute approximate surface area is 48.2 Å². The maximum atomic E-state index is 4.07. The molecule has 0 aromatic carbocycles. The number of nitrogens with zero attached hydrogens (tertiary/aromatic N) is 1. The predicted molar refractivity (Wildman–Crippen MR) is 35.0 cm³/mol. The van der Waals surface area contributed by atoms with Crippen LogP contribution in [0.15, 0.2) is 4.99 Å². The predicted octanol–water partition coefficient (Wildman–Crippen LogP) is 1.54. The van der Waals surface area contributed by atoms with Crippen LogP contribution in [-0.4, -0.2) is 17.3 Å². The summed E-state index contributed by atoms with van der Waals surface area (Å²) in [5, 5.41) is 0.803. The minimum atomic E-state index is 0.803. The van der Waals surface area contributed by atoms with Gasteiger partial charge in [-0.2, -0.15) is 0 Å². The zero-order valence-corrected chi connectivity index (χ0v) is 5.24. The number of thioether (sulfide) groups is 1. The molecule has 0 bridgehead atoms. The monoisotopic (exact) mass is 115 g/mol. The first-order chi connectivity index (χ1) is 3.39. The van der Waals surface area contributed by atoms with E-state index < -0.39 is 0 Å². The first-order valence-corrected chi connectivity index (χ1v) is 3.54. The summed E-state index contributed by atoms with van der Waals surface area (Å²) in [6.07, 6.45) is 3.17. The Bertz CT molecular complexity index is 80.1. The average Bonchev–Trinajstić information content (AvgIpc) is 1.69. The molecule has 0 N–H and O–H groups in total. The quantitative estimate of drug-likeness (QED) is 0.466. The summed E-state index contributed by atoms with van der Waals surface area (Å²) in [5.41, 5.74) is 0. The molecule has 0 saturated heterocycles. The lowest BCUT2D eigenvalue weighted by Gasteiger charge is -2.08. The molecular weight excluding hydrogens is 106 g/mol. The smallest absolute Gasteiger partial charge is 0.0842 e. The second-order valence-corrected chi connectivity index (χ2v) is 3.10. The first-order valence-electron chi connectivity index (χ1n) is 2.49. The molecule has 1 aliphatic heterocycles. The molecule has 1 atom stereocenters. The van der Waals surface area contributed by atoms with Gasteiger partial charge in [0, 0.05) is 11.5 Å². The van der Waals surface area contributed by atoms with Crippen LogP contribution in [0.4, 0.5) is 0 Å². The normalized spacial score (nSPS) is 30.7. The minimum absolute atomic E-state index is 0.803. The second-order valence-electron chi connectivity index (χ2n) is 1.71. The molecule has 0 aliphatic carbocycles. The van der Waals surface area contributed by atoms with Crippen molar-refractivity contribution in [3.05, 3.63) is 0 Å². The van der Waals surface area contributed by atoms with Crippen LogP contribution < -0.4 is 0 Å². The van der Waals surface area contributed by atoms with Crippen molar-refractivity contribution in [2.24, 2.45) is 4.99 Å². The molecule has 7 heavy (non-hydrogen) atoms. The van der Waals surface area contributed by atoms with Gasteiger partial charge in [0.25, 0.3) is 0 Å². The molecule has 1 heterocycles. The fourth-order valence-electron chi connectivity index (χ4n) is 0.514. The molecule has 40 valence electrons. The Morgan fingerprint density at radius 2 is 2.71 bits per heavy atom. The molecule has 2 heteroatoms. The van der Waals surface area contributed by atoms with Crippen LogP contribution in [0.5, 0.6) is 0 Å². The summed E-state index contributed by atoms with van der Waals surface area (Å²) < 4.78 is 0. The van der Waals surface area contributed by atoms with E-state index in [9.17, 15) is 0 Å². The third-order valence-corrected chi connectivity index (χ3v) is 2.06. The average molecular weight is 115 g/mol. The van der Waals surface area contributed by atoms with Crippen LogP contribution in [-0.2, 0) is 0 Å². The highest BCUT2D eigenvalue weighted by atomic mass is 32.2. The van der Waals surface area contributed by atoms with E-state index >= 15 is 0 Å². The maximum Gasteiger partial charge on any atom is 0.0842 e. The topological polar surface area (TPSA) is 12.4 Å². The van der Waals surface area contributed by atoms with Crippen molar-refractivity contribution in [3.63, 3.8) is 0 Å². The molecule has 0 aromatic rings. The molecule has 1 rings (SSSR count). The molecule has 0 radical (unpaired) electrons. The molecule has 0 fully saturated rings. The van der Waals surface area contributed by atoms with Crippen LogP contribution in [0.3, 0.4) is 0 Å². The van der Waals surface area contributed by atoms with Crippen LogP contribution in [0, 0.1) is 0 Å². The van der Waals surface area contributed by atoms with Crippen molar-refractivity contribution < 1.29 is 0 Å². The van der Waals surface area contributed by atoms with Crippen molar-refractivity contribution in [1.82, 2.24) is 0 Å². The van der Waals surface area contributed by atoms with E-state index in [1.54, 1.807) is 0 Å². The van der Waals surface area contributed by atoms with Gasteiger partial charge in [-0.3, -0.25) is 4.99 Å². The Balaban J connectivity index is 2.32. The van der Waals surface area contributed by atoms with Crippen LogP contribution in [0.25, 0.3) is 0 Å². The lowest BCUT2D eigenvalue weighted by atomic mass is 10.3. The first kappa shape index (κ1) is 5.16. The van der Waals surface area contributed by atoms with Gasteiger partial charge in [-0.15, -0.1) is 11.8 Å². The van der Waals surface area contributed by atoms with Gasteiger partial charge >= 0.3 is 0 Å². The summed E-state index contributed by atoms with van der Waals surface area (Å²) >= 11 is 1.92. The molecule has 0 spiro atoms. The number of hydrogen-bond acceptors (Lipinski definition) is 2. The van der Waals surface area contributed by atoms with E-state index in [0.29, 0.717) is 0 Å². The number of hydrogen-bond donors (Lipinski definition) is 0. The van der Waals surface area contributed by atoms with Crippen molar-refractivity contribution in [2.45, 2.75) is 18.6 Å². The van der Waals surface area contributed by atoms with Gasteiger partial charge in [-0.25, -0.2) is 0 Å². The SMILES string of the molecule is CC1CC=NCS1. The van der Waals surface area contributed by atoms with E-state index in [1.807, 2.05) is 18.0 Å². The van der Waals surface area contributed by atoms with Gasteiger partial charge in [0.05, 0.1) is 5.88 Å². The Morgan fingerprint density at radius 3 is 3.00 bits per heavy atom. The molecule has 1 aliphatic rings. The second kappa shape index (κ2) is 2.36. The molecule has 0 aromatic heterocycles. The van der Waals surface area contributed by atoms with E-state index in [0.717, 1.165) is 17.5 Å². The Kier molecular flexibility index (Phi) is 1.74. The van der Waals surface area contributed by atoms with E-state index in [1.165, 1.54) is 0 Å². The lowest BCUT2D eigenvalue weighted by molar-refractivity contribution is 1.01. The summed E-state index contributed by atoms with van der Waals surface area (Å²) in [6, 6.07) is 0. The molecule has 0 amide bonds. The Hall–Kier alpha value is 0.0200.